The Kier molecular flexibility index (Phi) is 5.37. The first-order chi connectivity index (χ1) is 14.4. The highest BCUT2D eigenvalue weighted by molar-refractivity contribution is 7.18. The number of rotatable bonds is 5. The number of nitrogens with one attached hydrogen (secondary N) is 1. The average molecular weight is 420 g/mol. The largest absolute Gasteiger partial charge is 0.443 e. The minimum atomic E-state index is -1.07. The molecule has 4 aromatic rings. The first-order valence-corrected chi connectivity index (χ1v) is 10.3. The van der Waals surface area contributed by atoms with Gasteiger partial charge in [0.15, 0.2) is 4.96 Å². The van der Waals surface area contributed by atoms with Gasteiger partial charge in [0.2, 0.25) is 6.10 Å². The molecule has 2 heterocycles. The van der Waals surface area contributed by atoms with Gasteiger partial charge in [0.25, 0.3) is 5.91 Å². The molecular formula is C23H21N3O3S. The lowest BCUT2D eigenvalue weighted by Gasteiger charge is -2.18. The zero-order valence-corrected chi connectivity index (χ0v) is 17.7. The fraction of sp³-hybridized carbons (Fsp3) is 0.174. The molecule has 0 radical (unpaired) electrons. The zero-order valence-electron chi connectivity index (χ0n) is 16.9. The Morgan fingerprint density at radius 3 is 2.57 bits per heavy atom. The Bertz CT molecular complexity index is 1200. The number of carbonyl (C=O) groups excluding carboxylic acids is 2. The van der Waals surface area contributed by atoms with Gasteiger partial charge in [-0.05, 0) is 38.0 Å². The van der Waals surface area contributed by atoms with Crippen molar-refractivity contribution in [2.75, 3.05) is 5.32 Å². The molecule has 0 bridgehead atoms. The van der Waals surface area contributed by atoms with Crippen molar-refractivity contribution < 1.29 is 14.3 Å². The highest BCUT2D eigenvalue weighted by Crippen LogP contribution is 2.26. The van der Waals surface area contributed by atoms with Gasteiger partial charge < -0.3 is 10.1 Å². The number of aryl methyl sites for hydroxylation is 3. The molecule has 0 aliphatic heterocycles. The molecule has 1 atom stereocenters. The molecule has 0 aliphatic rings. The summed E-state index contributed by atoms with van der Waals surface area (Å²) in [6.07, 6.45) is 2.44. The standard InChI is InChI=1S/C23H21N3O3S/c1-14-9-10-15(2)18(11-14)25-21(27)20(17-7-5-4-6-8-17)29-22(28)19-13-26-12-16(3)24-23(26)30-19/h4-13,20H,1-3H3,(H,25,27). The van der Waals surface area contributed by atoms with Gasteiger partial charge in [-0.15, -0.1) is 0 Å². The first-order valence-electron chi connectivity index (χ1n) is 9.50. The van der Waals surface area contributed by atoms with Crippen LogP contribution in [-0.2, 0) is 9.53 Å². The Labute approximate surface area is 178 Å². The molecule has 30 heavy (non-hydrogen) atoms. The molecule has 4 rings (SSSR count). The molecule has 0 aliphatic carbocycles. The van der Waals surface area contributed by atoms with Crippen molar-refractivity contribution in [3.05, 3.63) is 88.2 Å². The van der Waals surface area contributed by atoms with E-state index in [0.717, 1.165) is 16.8 Å². The Morgan fingerprint density at radius 2 is 1.83 bits per heavy atom. The summed E-state index contributed by atoms with van der Waals surface area (Å²) >= 11 is 1.23. The van der Waals surface area contributed by atoms with Crippen molar-refractivity contribution in [3.8, 4) is 0 Å². The lowest BCUT2D eigenvalue weighted by molar-refractivity contribution is -0.125. The fourth-order valence-corrected chi connectivity index (χ4v) is 4.04. The van der Waals surface area contributed by atoms with E-state index < -0.39 is 18.0 Å². The van der Waals surface area contributed by atoms with Gasteiger partial charge >= 0.3 is 5.97 Å². The molecule has 6 nitrogen and oxygen atoms in total. The van der Waals surface area contributed by atoms with Crippen molar-refractivity contribution >= 4 is 33.9 Å². The number of hydrogen-bond acceptors (Lipinski definition) is 5. The molecule has 1 N–H and O–H groups in total. The Morgan fingerprint density at radius 1 is 1.07 bits per heavy atom. The fourth-order valence-electron chi connectivity index (χ4n) is 3.14. The number of amides is 1. The van der Waals surface area contributed by atoms with Crippen LogP contribution in [-0.4, -0.2) is 21.3 Å². The molecule has 0 fully saturated rings. The lowest BCUT2D eigenvalue weighted by Crippen LogP contribution is -2.26. The zero-order chi connectivity index (χ0) is 21.3. The number of carbonyl (C=O) groups is 2. The molecule has 1 amide bonds. The van der Waals surface area contributed by atoms with E-state index in [2.05, 4.69) is 10.3 Å². The monoisotopic (exact) mass is 419 g/mol. The molecule has 0 saturated carbocycles. The predicted molar refractivity (Wildman–Crippen MR) is 117 cm³/mol. The van der Waals surface area contributed by atoms with Crippen LogP contribution in [0.5, 0.6) is 0 Å². The van der Waals surface area contributed by atoms with E-state index in [-0.39, 0.29) is 0 Å². The first kappa shape index (κ1) is 19.8. The van der Waals surface area contributed by atoms with Crippen LogP contribution in [0.3, 0.4) is 0 Å². The topological polar surface area (TPSA) is 72.7 Å². The minimum absolute atomic E-state index is 0.387. The van der Waals surface area contributed by atoms with E-state index in [1.54, 1.807) is 22.7 Å². The molecule has 0 saturated heterocycles. The maximum absolute atomic E-state index is 13.1. The summed E-state index contributed by atoms with van der Waals surface area (Å²) in [6, 6.07) is 14.8. The van der Waals surface area contributed by atoms with E-state index in [1.165, 1.54) is 11.3 Å². The number of hydrogen-bond donors (Lipinski definition) is 1. The molecule has 1 unspecified atom stereocenters. The lowest BCUT2D eigenvalue weighted by atomic mass is 10.1. The van der Waals surface area contributed by atoms with Crippen molar-refractivity contribution in [1.82, 2.24) is 9.38 Å². The van der Waals surface area contributed by atoms with Crippen LogP contribution in [0.15, 0.2) is 60.9 Å². The van der Waals surface area contributed by atoms with E-state index in [9.17, 15) is 9.59 Å². The van der Waals surface area contributed by atoms with Gasteiger partial charge in [-0.3, -0.25) is 9.20 Å². The predicted octanol–water partition coefficient (Wildman–Crippen LogP) is 4.86. The van der Waals surface area contributed by atoms with Crippen LogP contribution in [0.4, 0.5) is 5.69 Å². The van der Waals surface area contributed by atoms with Crippen LogP contribution in [0.2, 0.25) is 0 Å². The van der Waals surface area contributed by atoms with Crippen LogP contribution >= 0.6 is 11.3 Å². The summed E-state index contributed by atoms with van der Waals surface area (Å²) in [4.78, 5) is 31.4. The van der Waals surface area contributed by atoms with Gasteiger partial charge in [0.1, 0.15) is 4.88 Å². The number of imidazole rings is 1. The molecule has 7 heteroatoms. The quantitative estimate of drug-likeness (QED) is 0.469. The van der Waals surface area contributed by atoms with Crippen molar-refractivity contribution in [2.24, 2.45) is 0 Å². The number of anilines is 1. The second-order valence-corrected chi connectivity index (χ2v) is 8.18. The summed E-state index contributed by atoms with van der Waals surface area (Å²) in [5.74, 6) is -0.964. The summed E-state index contributed by atoms with van der Waals surface area (Å²) in [5.41, 5.74) is 4.13. The smallest absolute Gasteiger partial charge is 0.351 e. The third-order valence-corrected chi connectivity index (χ3v) is 5.67. The molecule has 152 valence electrons. The normalized spacial score (nSPS) is 12.0. The van der Waals surface area contributed by atoms with Gasteiger partial charge in [-0.25, -0.2) is 9.78 Å². The second-order valence-electron chi connectivity index (χ2n) is 7.17. The van der Waals surface area contributed by atoms with Crippen molar-refractivity contribution in [3.63, 3.8) is 0 Å². The second kappa shape index (κ2) is 8.12. The van der Waals surface area contributed by atoms with Crippen molar-refractivity contribution in [1.29, 1.82) is 0 Å². The minimum Gasteiger partial charge on any atom is -0.443 e. The molecular weight excluding hydrogens is 398 g/mol. The summed E-state index contributed by atoms with van der Waals surface area (Å²) < 4.78 is 7.46. The average Bonchev–Trinajstić information content (AvgIpc) is 3.27. The Hall–Kier alpha value is -3.45. The highest BCUT2D eigenvalue weighted by Gasteiger charge is 2.27. The van der Waals surface area contributed by atoms with Gasteiger partial charge in [0, 0.05) is 23.6 Å². The number of thiazole rings is 1. The van der Waals surface area contributed by atoms with E-state index in [1.807, 2.05) is 63.4 Å². The number of benzene rings is 2. The van der Waals surface area contributed by atoms with Crippen LogP contribution in [0, 0.1) is 20.8 Å². The Balaban J connectivity index is 1.60. The third kappa shape index (κ3) is 4.11. The van der Waals surface area contributed by atoms with Gasteiger partial charge in [-0.2, -0.15) is 0 Å². The van der Waals surface area contributed by atoms with Gasteiger partial charge in [-0.1, -0.05) is 53.8 Å². The van der Waals surface area contributed by atoms with E-state index in [0.29, 0.717) is 21.1 Å². The molecule has 2 aromatic carbocycles. The highest BCUT2D eigenvalue weighted by atomic mass is 32.1. The van der Waals surface area contributed by atoms with E-state index in [4.69, 9.17) is 4.74 Å². The summed E-state index contributed by atoms with van der Waals surface area (Å²) in [6.45, 7) is 5.77. The number of ether oxygens (including phenoxy) is 1. The maximum atomic E-state index is 13.1. The van der Waals surface area contributed by atoms with Crippen LogP contribution in [0.1, 0.15) is 38.2 Å². The number of nitrogens with zero attached hydrogens (tertiary/aromatic N) is 2. The summed E-state index contributed by atoms with van der Waals surface area (Å²) in [5, 5.41) is 2.91. The van der Waals surface area contributed by atoms with Crippen LogP contribution < -0.4 is 5.32 Å². The number of aromatic nitrogens is 2. The SMILES string of the molecule is Cc1ccc(C)c(NC(=O)C(OC(=O)c2cn3cc(C)nc3s2)c2ccccc2)c1. The van der Waals surface area contributed by atoms with Crippen LogP contribution in [0.25, 0.3) is 4.96 Å². The maximum Gasteiger partial charge on any atom is 0.351 e. The third-order valence-electron chi connectivity index (χ3n) is 4.69. The number of esters is 1. The van der Waals surface area contributed by atoms with Gasteiger partial charge in [0.05, 0.1) is 5.69 Å². The number of fused-ring (bicyclic) bond motifs is 1. The molecule has 0 spiro atoms. The summed E-state index contributed by atoms with van der Waals surface area (Å²) in [7, 11) is 0. The molecule has 2 aromatic heterocycles. The van der Waals surface area contributed by atoms with E-state index >= 15 is 0 Å². The van der Waals surface area contributed by atoms with Crippen molar-refractivity contribution in [2.45, 2.75) is 26.9 Å².